The van der Waals surface area contributed by atoms with Gasteiger partial charge in [-0.2, -0.15) is 5.10 Å². The summed E-state index contributed by atoms with van der Waals surface area (Å²) in [6.07, 6.45) is 0. The highest BCUT2D eigenvalue weighted by molar-refractivity contribution is 5.22. The third-order valence-corrected chi connectivity index (χ3v) is 2.31. The molecule has 1 aromatic heterocycles. The normalized spacial score (nSPS) is 13.4. The quantitative estimate of drug-likeness (QED) is 0.744. The van der Waals surface area contributed by atoms with Crippen molar-refractivity contribution in [3.05, 3.63) is 17.5 Å². The molecule has 0 aliphatic carbocycles. The molecule has 0 bridgehead atoms. The summed E-state index contributed by atoms with van der Waals surface area (Å²) in [5.74, 6) is 0. The minimum absolute atomic E-state index is 0.0846. The Kier molecular flexibility index (Phi) is 2.48. The number of hydrogen-bond acceptors (Lipinski definition) is 2. The van der Waals surface area contributed by atoms with Crippen LogP contribution in [0.2, 0.25) is 0 Å². The maximum Gasteiger partial charge on any atom is 0.0681 e. The van der Waals surface area contributed by atoms with Crippen LogP contribution in [0.4, 0.5) is 0 Å². The number of aromatic nitrogens is 2. The predicted octanol–water partition coefficient (Wildman–Crippen LogP) is 1.91. The summed E-state index contributed by atoms with van der Waals surface area (Å²) in [6, 6.07) is 2.10. The topological polar surface area (TPSA) is 43.8 Å². The number of nitrogens with zero attached hydrogens (tertiary/aromatic N) is 2. The monoisotopic (exact) mass is 195 g/mol. The lowest BCUT2D eigenvalue weighted by atomic mass is 9.91. The molecule has 0 fully saturated rings. The molecule has 0 aliphatic rings. The van der Waals surface area contributed by atoms with Crippen molar-refractivity contribution in [1.82, 2.24) is 9.78 Å². The van der Waals surface area contributed by atoms with E-state index in [1.54, 1.807) is 0 Å². The molecule has 3 nitrogen and oxygen atoms in total. The van der Waals surface area contributed by atoms with E-state index in [9.17, 15) is 0 Å². The molecule has 0 radical (unpaired) electrons. The number of aryl methyl sites for hydroxylation is 1. The fourth-order valence-corrected chi connectivity index (χ4v) is 1.44. The molecule has 0 aliphatic heterocycles. The van der Waals surface area contributed by atoms with Crippen LogP contribution in [-0.4, -0.2) is 9.78 Å². The van der Waals surface area contributed by atoms with Crippen molar-refractivity contribution in [3.8, 4) is 0 Å². The lowest BCUT2D eigenvalue weighted by molar-refractivity contribution is 0.492. The minimum Gasteiger partial charge on any atom is -0.321 e. The van der Waals surface area contributed by atoms with Gasteiger partial charge in [0.05, 0.1) is 16.9 Å². The van der Waals surface area contributed by atoms with Crippen LogP contribution in [0.5, 0.6) is 0 Å². The van der Waals surface area contributed by atoms with E-state index in [1.165, 1.54) is 0 Å². The summed E-state index contributed by atoms with van der Waals surface area (Å²) >= 11 is 0. The number of hydrogen-bond donors (Lipinski definition) is 1. The fourth-order valence-electron chi connectivity index (χ4n) is 1.44. The van der Waals surface area contributed by atoms with Gasteiger partial charge in [0.2, 0.25) is 0 Å². The standard InChI is InChI=1S/C11H21N3/c1-10(2,3)8-7-9(11(4,5)12)14(6)13-8/h7H,12H2,1-6H3. The van der Waals surface area contributed by atoms with Crippen LogP contribution < -0.4 is 5.73 Å². The second-order valence-electron chi connectivity index (χ2n) is 5.51. The molecule has 1 heterocycles. The van der Waals surface area contributed by atoms with E-state index in [4.69, 9.17) is 5.73 Å². The van der Waals surface area contributed by atoms with E-state index in [2.05, 4.69) is 31.9 Å². The van der Waals surface area contributed by atoms with Crippen molar-refractivity contribution in [2.75, 3.05) is 0 Å². The fraction of sp³-hybridized carbons (Fsp3) is 0.727. The SMILES string of the molecule is Cn1nc(C(C)(C)C)cc1C(C)(C)N. The Morgan fingerprint density at radius 2 is 1.71 bits per heavy atom. The molecule has 0 unspecified atom stereocenters. The van der Waals surface area contributed by atoms with Gasteiger partial charge in [-0.05, 0) is 19.9 Å². The first-order valence-corrected chi connectivity index (χ1v) is 4.96. The van der Waals surface area contributed by atoms with Gasteiger partial charge in [-0.15, -0.1) is 0 Å². The van der Waals surface area contributed by atoms with E-state index in [0.717, 1.165) is 11.4 Å². The molecule has 1 aromatic rings. The zero-order chi connectivity index (χ0) is 11.1. The molecule has 80 valence electrons. The van der Waals surface area contributed by atoms with Crippen LogP contribution in [0.25, 0.3) is 0 Å². The molecule has 1 rings (SSSR count). The van der Waals surface area contributed by atoms with Crippen molar-refractivity contribution < 1.29 is 0 Å². The summed E-state index contributed by atoms with van der Waals surface area (Å²) in [5, 5.41) is 4.49. The smallest absolute Gasteiger partial charge is 0.0681 e. The molecule has 0 saturated heterocycles. The van der Waals surface area contributed by atoms with Gasteiger partial charge in [0.15, 0.2) is 0 Å². The van der Waals surface area contributed by atoms with Gasteiger partial charge >= 0.3 is 0 Å². The largest absolute Gasteiger partial charge is 0.321 e. The van der Waals surface area contributed by atoms with Crippen molar-refractivity contribution >= 4 is 0 Å². The second-order valence-corrected chi connectivity index (χ2v) is 5.51. The Balaban J connectivity index is 3.19. The molecular formula is C11H21N3. The van der Waals surface area contributed by atoms with Crippen molar-refractivity contribution in [1.29, 1.82) is 0 Å². The molecule has 0 aromatic carbocycles. The Labute approximate surface area is 86.3 Å². The molecule has 0 saturated carbocycles. The highest BCUT2D eigenvalue weighted by Gasteiger charge is 2.24. The third-order valence-electron chi connectivity index (χ3n) is 2.31. The molecule has 14 heavy (non-hydrogen) atoms. The molecule has 0 amide bonds. The Morgan fingerprint density at radius 3 is 1.93 bits per heavy atom. The zero-order valence-corrected chi connectivity index (χ0v) is 10.0. The van der Waals surface area contributed by atoms with Gasteiger partial charge in [0, 0.05) is 12.5 Å². The summed E-state index contributed by atoms with van der Waals surface area (Å²) in [6.45, 7) is 10.5. The molecule has 0 spiro atoms. The summed E-state index contributed by atoms with van der Waals surface area (Å²) in [5.41, 5.74) is 7.97. The van der Waals surface area contributed by atoms with Crippen LogP contribution in [0, 0.1) is 0 Å². The van der Waals surface area contributed by atoms with Gasteiger partial charge in [-0.25, -0.2) is 0 Å². The van der Waals surface area contributed by atoms with Crippen LogP contribution >= 0.6 is 0 Å². The van der Waals surface area contributed by atoms with Gasteiger partial charge < -0.3 is 5.73 Å². The average Bonchev–Trinajstić information content (AvgIpc) is 2.27. The van der Waals surface area contributed by atoms with E-state index in [-0.39, 0.29) is 11.0 Å². The van der Waals surface area contributed by atoms with Crippen LogP contribution in [0.1, 0.15) is 46.0 Å². The van der Waals surface area contributed by atoms with E-state index >= 15 is 0 Å². The first kappa shape index (κ1) is 11.2. The number of rotatable bonds is 1. The van der Waals surface area contributed by atoms with E-state index in [1.807, 2.05) is 25.6 Å². The van der Waals surface area contributed by atoms with E-state index in [0.29, 0.717) is 0 Å². The molecule has 3 heteroatoms. The highest BCUT2D eigenvalue weighted by Crippen LogP contribution is 2.25. The zero-order valence-electron chi connectivity index (χ0n) is 10.0. The van der Waals surface area contributed by atoms with Crippen molar-refractivity contribution in [3.63, 3.8) is 0 Å². The Hall–Kier alpha value is -0.830. The predicted molar refractivity (Wildman–Crippen MR) is 59.1 cm³/mol. The lowest BCUT2D eigenvalue weighted by Crippen LogP contribution is -2.31. The number of nitrogens with two attached hydrogens (primary N) is 1. The summed E-state index contributed by atoms with van der Waals surface area (Å²) < 4.78 is 1.88. The van der Waals surface area contributed by atoms with Gasteiger partial charge in [0.1, 0.15) is 0 Å². The average molecular weight is 195 g/mol. The van der Waals surface area contributed by atoms with Crippen molar-refractivity contribution in [2.45, 2.75) is 45.6 Å². The minimum atomic E-state index is -0.328. The maximum atomic E-state index is 6.05. The van der Waals surface area contributed by atoms with Crippen LogP contribution in [-0.2, 0) is 18.0 Å². The Bertz CT molecular complexity index is 323. The second kappa shape index (κ2) is 3.09. The molecule has 0 atom stereocenters. The third kappa shape index (κ3) is 2.15. The molecule has 2 N–H and O–H groups in total. The highest BCUT2D eigenvalue weighted by atomic mass is 15.3. The summed E-state index contributed by atoms with van der Waals surface area (Å²) in [4.78, 5) is 0. The van der Waals surface area contributed by atoms with E-state index < -0.39 is 0 Å². The van der Waals surface area contributed by atoms with Gasteiger partial charge in [-0.3, -0.25) is 4.68 Å². The summed E-state index contributed by atoms with van der Waals surface area (Å²) in [7, 11) is 1.94. The van der Waals surface area contributed by atoms with Crippen LogP contribution in [0.15, 0.2) is 6.07 Å². The van der Waals surface area contributed by atoms with Crippen LogP contribution in [0.3, 0.4) is 0 Å². The first-order valence-electron chi connectivity index (χ1n) is 4.96. The van der Waals surface area contributed by atoms with Crippen molar-refractivity contribution in [2.24, 2.45) is 12.8 Å². The lowest BCUT2D eigenvalue weighted by Gasteiger charge is -2.18. The van der Waals surface area contributed by atoms with Gasteiger partial charge in [-0.1, -0.05) is 20.8 Å². The first-order chi connectivity index (χ1) is 6.12. The molecular weight excluding hydrogens is 174 g/mol. The Morgan fingerprint density at radius 1 is 1.21 bits per heavy atom. The van der Waals surface area contributed by atoms with Gasteiger partial charge in [0.25, 0.3) is 0 Å². The maximum absolute atomic E-state index is 6.05.